The summed E-state index contributed by atoms with van der Waals surface area (Å²) in [5, 5.41) is 2.04. The van der Waals surface area contributed by atoms with Crippen molar-refractivity contribution in [3.63, 3.8) is 0 Å². The molecule has 0 bridgehead atoms. The molecule has 8 heteroatoms. The minimum Gasteiger partial charge on any atom is -0.397 e. The zero-order chi connectivity index (χ0) is 24.2. The number of anilines is 3. The second kappa shape index (κ2) is 10.5. The van der Waals surface area contributed by atoms with E-state index in [1.54, 1.807) is 23.5 Å². The first-order valence-corrected chi connectivity index (χ1v) is 14.1. The molecule has 33 heavy (non-hydrogen) atoms. The van der Waals surface area contributed by atoms with Gasteiger partial charge in [0, 0.05) is 35.1 Å². The number of pyridine rings is 1. The van der Waals surface area contributed by atoms with Crippen molar-refractivity contribution < 1.29 is 9.36 Å². The highest BCUT2D eigenvalue weighted by Crippen LogP contribution is 2.55. The summed E-state index contributed by atoms with van der Waals surface area (Å²) in [5.41, 5.74) is 15.0. The van der Waals surface area contributed by atoms with E-state index < -0.39 is 13.0 Å². The third-order valence-electron chi connectivity index (χ3n) is 6.07. The van der Waals surface area contributed by atoms with Gasteiger partial charge in [0.25, 0.3) is 0 Å². The Morgan fingerprint density at radius 1 is 1.12 bits per heavy atom. The third kappa shape index (κ3) is 5.66. The van der Waals surface area contributed by atoms with Crippen LogP contribution in [0.25, 0.3) is 10.4 Å². The maximum atomic E-state index is 13.6. The summed E-state index contributed by atoms with van der Waals surface area (Å²) in [6.07, 6.45) is 2.87. The molecule has 4 N–H and O–H groups in total. The third-order valence-corrected chi connectivity index (χ3v) is 11.5. The summed E-state index contributed by atoms with van der Waals surface area (Å²) in [5.74, 6) is 0.147. The fourth-order valence-corrected chi connectivity index (χ4v) is 7.60. The highest BCUT2D eigenvalue weighted by Gasteiger charge is 2.30. The molecule has 0 saturated carbocycles. The van der Waals surface area contributed by atoms with Gasteiger partial charge in [-0.15, -0.1) is 11.3 Å². The van der Waals surface area contributed by atoms with Crippen LogP contribution in [-0.4, -0.2) is 34.9 Å². The van der Waals surface area contributed by atoms with Gasteiger partial charge in [-0.3, -0.25) is 4.79 Å². The van der Waals surface area contributed by atoms with Crippen molar-refractivity contribution >= 4 is 41.6 Å². The van der Waals surface area contributed by atoms with Gasteiger partial charge in [0.15, 0.2) is 0 Å². The molecule has 0 atom stereocenters. The van der Waals surface area contributed by atoms with Gasteiger partial charge in [-0.25, -0.2) is 4.98 Å². The van der Waals surface area contributed by atoms with Crippen LogP contribution in [-0.2, 0) is 4.57 Å². The second-order valence-corrected chi connectivity index (χ2v) is 14.0. The Morgan fingerprint density at radius 3 is 2.39 bits per heavy atom. The molecule has 3 aromatic rings. The first kappa shape index (κ1) is 25.0. The van der Waals surface area contributed by atoms with Gasteiger partial charge >= 0.3 is 0 Å². The standard InChI is InChI=1S/C25H33N4O2PS/c1-17(2)32(31,18(3)4)13-6-12-29(24-11-9-20(16-28-24)25(27)30)22-15-19(8-10-21(22)26)23-7-5-14-33-23/h5,7-11,14-18H,6,12-13,26H2,1-4H3,(H2,27,30). The van der Waals surface area contributed by atoms with Crippen LogP contribution in [0.5, 0.6) is 0 Å². The smallest absolute Gasteiger partial charge is 0.250 e. The van der Waals surface area contributed by atoms with Crippen molar-refractivity contribution in [2.75, 3.05) is 23.3 Å². The Morgan fingerprint density at radius 2 is 1.85 bits per heavy atom. The lowest BCUT2D eigenvalue weighted by Gasteiger charge is -2.29. The van der Waals surface area contributed by atoms with Crippen LogP contribution in [0.3, 0.4) is 0 Å². The lowest BCUT2D eigenvalue weighted by molar-refractivity contribution is 0.1000. The van der Waals surface area contributed by atoms with Gasteiger partial charge in [0.2, 0.25) is 5.91 Å². The van der Waals surface area contributed by atoms with Crippen molar-refractivity contribution in [1.82, 2.24) is 4.98 Å². The molecule has 6 nitrogen and oxygen atoms in total. The number of carbonyl (C=O) groups is 1. The number of aromatic nitrogens is 1. The number of benzene rings is 1. The normalized spacial score (nSPS) is 11.8. The second-order valence-electron chi connectivity index (χ2n) is 8.79. The highest BCUT2D eigenvalue weighted by molar-refractivity contribution is 7.65. The van der Waals surface area contributed by atoms with E-state index in [0.29, 0.717) is 29.8 Å². The van der Waals surface area contributed by atoms with Gasteiger partial charge in [0.1, 0.15) is 5.82 Å². The SMILES string of the molecule is CC(C)P(=O)(CCCN(c1ccc(C(N)=O)cn1)c1cc(-c2cccs2)ccc1N)C(C)C. The molecular formula is C25H33N4O2PS. The summed E-state index contributed by atoms with van der Waals surface area (Å²) in [6.45, 7) is 8.79. The molecule has 0 spiro atoms. The topological polar surface area (TPSA) is 102 Å². The van der Waals surface area contributed by atoms with Crippen LogP contribution >= 0.6 is 18.5 Å². The summed E-state index contributed by atoms with van der Waals surface area (Å²) in [7, 11) is -2.32. The van der Waals surface area contributed by atoms with E-state index in [2.05, 4.69) is 17.1 Å². The number of nitrogen functional groups attached to an aromatic ring is 1. The van der Waals surface area contributed by atoms with Gasteiger partial charge in [0.05, 0.1) is 24.1 Å². The van der Waals surface area contributed by atoms with Crippen molar-refractivity contribution in [2.45, 2.75) is 45.4 Å². The molecule has 2 aromatic heterocycles. The lowest BCUT2D eigenvalue weighted by Crippen LogP contribution is -2.23. The molecule has 0 fully saturated rings. The predicted octanol–water partition coefficient (Wildman–Crippen LogP) is 6.20. The van der Waals surface area contributed by atoms with Crippen LogP contribution in [0.15, 0.2) is 54.0 Å². The number of primary amides is 1. The van der Waals surface area contributed by atoms with Gasteiger partial charge in [-0.2, -0.15) is 0 Å². The van der Waals surface area contributed by atoms with E-state index in [1.807, 2.05) is 56.2 Å². The molecule has 0 saturated heterocycles. The number of thiophene rings is 1. The first-order valence-electron chi connectivity index (χ1n) is 11.2. The number of amides is 1. The average Bonchev–Trinajstić information content (AvgIpc) is 3.32. The zero-order valence-corrected chi connectivity index (χ0v) is 21.4. The van der Waals surface area contributed by atoms with E-state index in [4.69, 9.17) is 11.5 Å². The van der Waals surface area contributed by atoms with Crippen LogP contribution in [0.2, 0.25) is 0 Å². The Kier molecular flexibility index (Phi) is 7.98. The average molecular weight is 485 g/mol. The van der Waals surface area contributed by atoms with Crippen molar-refractivity contribution in [1.29, 1.82) is 0 Å². The van der Waals surface area contributed by atoms with E-state index in [-0.39, 0.29) is 11.3 Å². The Hall–Kier alpha value is -2.63. The van der Waals surface area contributed by atoms with E-state index in [0.717, 1.165) is 22.5 Å². The molecule has 0 aliphatic heterocycles. The minimum atomic E-state index is -2.32. The molecule has 2 heterocycles. The number of hydrogen-bond acceptors (Lipinski definition) is 6. The monoisotopic (exact) mass is 484 g/mol. The highest BCUT2D eigenvalue weighted by atomic mass is 32.1. The quantitative estimate of drug-likeness (QED) is 0.263. The van der Waals surface area contributed by atoms with Crippen LogP contribution in [0.1, 0.15) is 44.5 Å². The lowest BCUT2D eigenvalue weighted by atomic mass is 10.1. The molecule has 0 aliphatic carbocycles. The number of hydrogen-bond donors (Lipinski definition) is 2. The number of rotatable bonds is 10. The van der Waals surface area contributed by atoms with Crippen LogP contribution in [0.4, 0.5) is 17.2 Å². The zero-order valence-electron chi connectivity index (χ0n) is 19.7. The van der Waals surface area contributed by atoms with Gasteiger partial charge in [-0.1, -0.05) is 39.8 Å². The number of nitrogens with zero attached hydrogens (tertiary/aromatic N) is 2. The maximum absolute atomic E-state index is 13.6. The number of carbonyl (C=O) groups excluding carboxylic acids is 1. The summed E-state index contributed by atoms with van der Waals surface area (Å²) < 4.78 is 13.6. The molecule has 0 aliphatic rings. The first-order chi connectivity index (χ1) is 15.6. The van der Waals surface area contributed by atoms with Gasteiger partial charge < -0.3 is 20.9 Å². The summed E-state index contributed by atoms with van der Waals surface area (Å²) in [4.78, 5) is 19.2. The minimum absolute atomic E-state index is 0.145. The van der Waals surface area contributed by atoms with Crippen molar-refractivity contribution in [3.8, 4) is 10.4 Å². The molecule has 1 aromatic carbocycles. The molecule has 1 amide bonds. The largest absolute Gasteiger partial charge is 0.397 e. The Labute approximate surface area is 200 Å². The summed E-state index contributed by atoms with van der Waals surface area (Å²) in [6, 6.07) is 13.5. The number of nitrogens with two attached hydrogens (primary N) is 2. The van der Waals surface area contributed by atoms with E-state index >= 15 is 0 Å². The van der Waals surface area contributed by atoms with Gasteiger partial charge in [-0.05, 0) is 47.7 Å². The van der Waals surface area contributed by atoms with Crippen LogP contribution in [0, 0.1) is 0 Å². The van der Waals surface area contributed by atoms with E-state index in [9.17, 15) is 9.36 Å². The fraction of sp³-hybridized carbons (Fsp3) is 0.360. The van der Waals surface area contributed by atoms with E-state index in [1.165, 1.54) is 6.20 Å². The predicted molar refractivity (Wildman–Crippen MR) is 141 cm³/mol. The molecule has 0 radical (unpaired) electrons. The molecular weight excluding hydrogens is 451 g/mol. The summed E-state index contributed by atoms with van der Waals surface area (Å²) >= 11 is 1.67. The maximum Gasteiger partial charge on any atom is 0.250 e. The Balaban J connectivity index is 1.97. The Bertz CT molecular complexity index is 1120. The fourth-order valence-electron chi connectivity index (χ4n) is 4.01. The molecule has 0 unspecified atom stereocenters. The van der Waals surface area contributed by atoms with Crippen LogP contribution < -0.4 is 16.4 Å². The van der Waals surface area contributed by atoms with Crippen molar-refractivity contribution in [3.05, 3.63) is 59.6 Å². The molecule has 176 valence electrons. The van der Waals surface area contributed by atoms with Crippen molar-refractivity contribution in [2.24, 2.45) is 5.73 Å². The molecule has 3 rings (SSSR count).